The highest BCUT2D eigenvalue weighted by Crippen LogP contribution is 2.31. The number of aromatic nitrogens is 2. The van der Waals surface area contributed by atoms with Crippen LogP contribution in [0.3, 0.4) is 0 Å². The SMILES string of the molecule is COCCC(C)C(=O)NCc1ccc2c(c1)CN(c1nc(C(C)C)ns1)C2. The Morgan fingerprint density at radius 1 is 1.30 bits per heavy atom. The topological polar surface area (TPSA) is 67.3 Å². The number of amides is 1. The average Bonchev–Trinajstić information content (AvgIpc) is 3.30. The lowest BCUT2D eigenvalue weighted by Crippen LogP contribution is -2.29. The van der Waals surface area contributed by atoms with E-state index >= 15 is 0 Å². The molecule has 7 heteroatoms. The first-order chi connectivity index (χ1) is 13.0. The molecule has 1 aromatic heterocycles. The standard InChI is InChI=1S/C20H28N4O2S/c1-13(2)18-22-20(27-23-18)24-11-16-6-5-15(9-17(16)12-24)10-21-19(25)14(3)7-8-26-4/h5-6,9,13-14H,7-8,10-12H2,1-4H3,(H,21,25). The van der Waals surface area contributed by atoms with E-state index in [4.69, 9.17) is 4.74 Å². The van der Waals surface area contributed by atoms with E-state index < -0.39 is 0 Å². The van der Waals surface area contributed by atoms with Gasteiger partial charge in [-0.25, -0.2) is 4.98 Å². The molecule has 1 aliphatic rings. The number of fused-ring (bicyclic) bond motifs is 1. The Hall–Kier alpha value is -1.99. The molecule has 0 saturated heterocycles. The fraction of sp³-hybridized carbons (Fsp3) is 0.550. The van der Waals surface area contributed by atoms with Crippen LogP contribution < -0.4 is 10.2 Å². The van der Waals surface area contributed by atoms with Gasteiger partial charge in [0.15, 0.2) is 0 Å². The number of anilines is 1. The van der Waals surface area contributed by atoms with Gasteiger partial charge >= 0.3 is 0 Å². The number of hydrogen-bond donors (Lipinski definition) is 1. The van der Waals surface area contributed by atoms with Gasteiger partial charge in [-0.05, 0) is 23.1 Å². The third-order valence-electron chi connectivity index (χ3n) is 4.88. The molecule has 2 aromatic rings. The first kappa shape index (κ1) is 19.8. The molecule has 27 heavy (non-hydrogen) atoms. The molecule has 0 aliphatic carbocycles. The van der Waals surface area contributed by atoms with Gasteiger partial charge in [-0.3, -0.25) is 4.79 Å². The Morgan fingerprint density at radius 3 is 2.78 bits per heavy atom. The highest BCUT2D eigenvalue weighted by Gasteiger charge is 2.23. The zero-order valence-electron chi connectivity index (χ0n) is 16.5. The number of methoxy groups -OCH3 is 1. The number of nitrogens with zero attached hydrogens (tertiary/aromatic N) is 3. The minimum Gasteiger partial charge on any atom is -0.385 e. The minimum atomic E-state index is -0.0394. The van der Waals surface area contributed by atoms with Gasteiger partial charge in [0, 0.05) is 56.7 Å². The molecule has 6 nitrogen and oxygen atoms in total. The zero-order valence-corrected chi connectivity index (χ0v) is 17.3. The van der Waals surface area contributed by atoms with E-state index in [1.54, 1.807) is 7.11 Å². The van der Waals surface area contributed by atoms with Crippen LogP contribution in [0.15, 0.2) is 18.2 Å². The molecule has 2 heterocycles. The van der Waals surface area contributed by atoms with Gasteiger partial charge in [0.1, 0.15) is 5.82 Å². The highest BCUT2D eigenvalue weighted by atomic mass is 32.1. The summed E-state index contributed by atoms with van der Waals surface area (Å²) in [7, 11) is 1.66. The predicted octanol–water partition coefficient (Wildman–Crippen LogP) is 3.47. The van der Waals surface area contributed by atoms with E-state index in [0.717, 1.165) is 36.0 Å². The van der Waals surface area contributed by atoms with E-state index in [0.29, 0.717) is 19.1 Å². The van der Waals surface area contributed by atoms with Gasteiger partial charge in [0.05, 0.1) is 0 Å². The normalized spacial score (nSPS) is 14.5. The summed E-state index contributed by atoms with van der Waals surface area (Å²) in [6, 6.07) is 6.46. The summed E-state index contributed by atoms with van der Waals surface area (Å²) in [6.07, 6.45) is 0.738. The Bertz CT molecular complexity index is 790. The largest absolute Gasteiger partial charge is 0.385 e. The summed E-state index contributed by atoms with van der Waals surface area (Å²) >= 11 is 1.47. The maximum absolute atomic E-state index is 12.2. The second-order valence-electron chi connectivity index (χ2n) is 7.45. The lowest BCUT2D eigenvalue weighted by molar-refractivity contribution is -0.125. The molecule has 1 N–H and O–H groups in total. The van der Waals surface area contributed by atoms with Crippen molar-refractivity contribution in [3.8, 4) is 0 Å². The number of carbonyl (C=O) groups is 1. The maximum atomic E-state index is 12.2. The van der Waals surface area contributed by atoms with Gasteiger partial charge < -0.3 is 15.0 Å². The first-order valence-electron chi connectivity index (χ1n) is 9.43. The van der Waals surface area contributed by atoms with Gasteiger partial charge in [-0.1, -0.05) is 39.0 Å². The van der Waals surface area contributed by atoms with Gasteiger partial charge in [0.2, 0.25) is 11.0 Å². The molecule has 0 bridgehead atoms. The zero-order chi connectivity index (χ0) is 19.4. The molecule has 1 aromatic carbocycles. The van der Waals surface area contributed by atoms with Crippen LogP contribution in [-0.2, 0) is 29.2 Å². The van der Waals surface area contributed by atoms with Crippen molar-refractivity contribution in [2.24, 2.45) is 5.92 Å². The lowest BCUT2D eigenvalue weighted by atomic mass is 10.1. The number of carbonyl (C=O) groups excluding carboxylic acids is 1. The molecule has 1 aliphatic heterocycles. The minimum absolute atomic E-state index is 0.0394. The van der Waals surface area contributed by atoms with E-state index in [-0.39, 0.29) is 11.8 Å². The smallest absolute Gasteiger partial charge is 0.223 e. The molecule has 0 saturated carbocycles. The van der Waals surface area contributed by atoms with Crippen molar-refractivity contribution in [2.75, 3.05) is 18.6 Å². The van der Waals surface area contributed by atoms with Crippen molar-refractivity contribution in [1.82, 2.24) is 14.7 Å². The van der Waals surface area contributed by atoms with Crippen LogP contribution in [0, 0.1) is 5.92 Å². The monoisotopic (exact) mass is 388 g/mol. The van der Waals surface area contributed by atoms with Crippen molar-refractivity contribution in [3.05, 3.63) is 40.7 Å². The average molecular weight is 389 g/mol. The van der Waals surface area contributed by atoms with E-state index in [1.165, 1.54) is 22.7 Å². The Morgan fingerprint density at radius 2 is 2.07 bits per heavy atom. The fourth-order valence-corrected chi connectivity index (χ4v) is 3.88. The van der Waals surface area contributed by atoms with E-state index in [1.807, 2.05) is 6.92 Å². The molecular weight excluding hydrogens is 360 g/mol. The molecule has 0 spiro atoms. The summed E-state index contributed by atoms with van der Waals surface area (Å²) in [5, 5.41) is 4.01. The van der Waals surface area contributed by atoms with Crippen LogP contribution >= 0.6 is 11.5 Å². The number of nitrogens with one attached hydrogen (secondary N) is 1. The lowest BCUT2D eigenvalue weighted by Gasteiger charge is -2.12. The van der Waals surface area contributed by atoms with Gasteiger partial charge in [-0.2, -0.15) is 4.37 Å². The Balaban J connectivity index is 1.58. The Kier molecular flexibility index (Phi) is 6.44. The molecule has 3 rings (SSSR count). The molecule has 146 valence electrons. The molecule has 0 fully saturated rings. The number of hydrogen-bond acceptors (Lipinski definition) is 6. The van der Waals surface area contributed by atoms with Gasteiger partial charge in [0.25, 0.3) is 0 Å². The number of rotatable bonds is 8. The van der Waals surface area contributed by atoms with Crippen LogP contribution in [0.2, 0.25) is 0 Å². The van der Waals surface area contributed by atoms with Crippen LogP contribution in [0.4, 0.5) is 5.13 Å². The summed E-state index contributed by atoms with van der Waals surface area (Å²) in [6.45, 7) is 9.02. The van der Waals surface area contributed by atoms with E-state index in [2.05, 4.69) is 51.6 Å². The molecule has 1 amide bonds. The predicted molar refractivity (Wildman–Crippen MR) is 108 cm³/mol. The van der Waals surface area contributed by atoms with Crippen LogP contribution in [0.25, 0.3) is 0 Å². The summed E-state index contributed by atoms with van der Waals surface area (Å²) < 4.78 is 9.50. The number of benzene rings is 1. The molecule has 1 atom stereocenters. The first-order valence-corrected chi connectivity index (χ1v) is 10.2. The van der Waals surface area contributed by atoms with Crippen molar-refractivity contribution in [2.45, 2.75) is 52.7 Å². The maximum Gasteiger partial charge on any atom is 0.223 e. The van der Waals surface area contributed by atoms with Crippen LogP contribution in [0.1, 0.15) is 55.6 Å². The summed E-state index contributed by atoms with van der Waals surface area (Å²) in [5.41, 5.74) is 3.75. The van der Waals surface area contributed by atoms with Crippen molar-refractivity contribution < 1.29 is 9.53 Å². The third-order valence-corrected chi connectivity index (χ3v) is 5.67. The third kappa shape index (κ3) is 4.84. The fourth-order valence-electron chi connectivity index (χ4n) is 3.07. The van der Waals surface area contributed by atoms with Crippen LogP contribution in [-0.4, -0.2) is 29.0 Å². The second-order valence-corrected chi connectivity index (χ2v) is 8.18. The Labute approximate surface area is 165 Å². The second kappa shape index (κ2) is 8.80. The van der Waals surface area contributed by atoms with Gasteiger partial charge in [-0.15, -0.1) is 0 Å². The van der Waals surface area contributed by atoms with Crippen molar-refractivity contribution in [1.29, 1.82) is 0 Å². The van der Waals surface area contributed by atoms with Crippen molar-refractivity contribution >= 4 is 22.6 Å². The molecule has 0 radical (unpaired) electrons. The molecular formula is C20H28N4O2S. The van der Waals surface area contributed by atoms with Crippen molar-refractivity contribution in [3.63, 3.8) is 0 Å². The van der Waals surface area contributed by atoms with E-state index in [9.17, 15) is 4.79 Å². The highest BCUT2D eigenvalue weighted by molar-refractivity contribution is 7.09. The summed E-state index contributed by atoms with van der Waals surface area (Å²) in [4.78, 5) is 19.1. The van der Waals surface area contributed by atoms with Crippen LogP contribution in [0.5, 0.6) is 0 Å². The molecule has 1 unspecified atom stereocenters. The number of ether oxygens (including phenoxy) is 1. The quantitative estimate of drug-likeness (QED) is 0.750. The summed E-state index contributed by atoms with van der Waals surface area (Å²) in [5.74, 6) is 1.30.